The van der Waals surface area contributed by atoms with E-state index in [1.807, 2.05) is 36.7 Å². The van der Waals surface area contributed by atoms with Gasteiger partial charge in [0.2, 0.25) is 0 Å². The third kappa shape index (κ3) is 3.27. The van der Waals surface area contributed by atoms with Crippen LogP contribution < -0.4 is 16.0 Å². The fourth-order valence-electron chi connectivity index (χ4n) is 1.72. The van der Waals surface area contributed by atoms with E-state index in [0.717, 1.165) is 5.13 Å². The van der Waals surface area contributed by atoms with Gasteiger partial charge in [0.05, 0.1) is 6.33 Å². The quantitative estimate of drug-likeness (QED) is 0.851. The summed E-state index contributed by atoms with van der Waals surface area (Å²) in [7, 11) is 3.73. The summed E-state index contributed by atoms with van der Waals surface area (Å²) in [4.78, 5) is 22.6. The van der Waals surface area contributed by atoms with Crippen molar-refractivity contribution in [1.29, 1.82) is 0 Å². The Bertz CT molecular complexity index is 577. The molecule has 1 unspecified atom stereocenters. The van der Waals surface area contributed by atoms with Crippen molar-refractivity contribution < 1.29 is 4.79 Å². The second-order valence-electron chi connectivity index (χ2n) is 4.74. The van der Waals surface area contributed by atoms with E-state index >= 15 is 0 Å². The molecule has 0 radical (unpaired) electrons. The molecule has 0 saturated carbocycles. The number of nitrogen functional groups attached to an aromatic ring is 1. The van der Waals surface area contributed by atoms with Crippen molar-refractivity contribution in [3.8, 4) is 0 Å². The van der Waals surface area contributed by atoms with Crippen LogP contribution in [0.5, 0.6) is 0 Å². The van der Waals surface area contributed by atoms with E-state index in [4.69, 9.17) is 5.73 Å². The predicted molar refractivity (Wildman–Crippen MR) is 80.0 cm³/mol. The molecule has 0 aromatic carbocycles. The third-order valence-corrected chi connectivity index (χ3v) is 3.89. The molecular formula is C12H18N6OS. The minimum absolute atomic E-state index is 0.0268. The standard InChI is InChI=1S/C12H18N6OS/c1-8(6-18-5-4-14-7-18)15-11(19)9-10(13)16-12(20-9)17(2)3/h4-5,7-8H,6,13H2,1-3H3,(H,15,19). The maximum Gasteiger partial charge on any atom is 0.265 e. The molecular weight excluding hydrogens is 276 g/mol. The Kier molecular flexibility index (Phi) is 4.23. The van der Waals surface area contributed by atoms with E-state index in [2.05, 4.69) is 15.3 Å². The lowest BCUT2D eigenvalue weighted by Crippen LogP contribution is -2.35. The molecule has 2 rings (SSSR count). The molecule has 2 aromatic rings. The maximum atomic E-state index is 12.2. The van der Waals surface area contributed by atoms with Crippen molar-refractivity contribution in [3.63, 3.8) is 0 Å². The molecule has 3 N–H and O–H groups in total. The van der Waals surface area contributed by atoms with Gasteiger partial charge in [-0.05, 0) is 6.92 Å². The van der Waals surface area contributed by atoms with Gasteiger partial charge in [0.1, 0.15) is 10.7 Å². The summed E-state index contributed by atoms with van der Waals surface area (Å²) in [5.41, 5.74) is 5.79. The minimum Gasteiger partial charge on any atom is -0.382 e. The van der Waals surface area contributed by atoms with E-state index < -0.39 is 0 Å². The number of anilines is 2. The molecule has 0 aliphatic heterocycles. The van der Waals surface area contributed by atoms with Crippen molar-refractivity contribution >= 4 is 28.2 Å². The van der Waals surface area contributed by atoms with Crippen LogP contribution >= 0.6 is 11.3 Å². The second kappa shape index (κ2) is 5.91. The molecule has 0 saturated heterocycles. The summed E-state index contributed by atoms with van der Waals surface area (Å²) in [5, 5.41) is 3.63. The van der Waals surface area contributed by atoms with Crippen molar-refractivity contribution in [2.24, 2.45) is 0 Å². The summed E-state index contributed by atoms with van der Waals surface area (Å²) < 4.78 is 1.91. The topological polar surface area (TPSA) is 89.1 Å². The van der Waals surface area contributed by atoms with E-state index in [0.29, 0.717) is 11.4 Å². The zero-order chi connectivity index (χ0) is 14.7. The van der Waals surface area contributed by atoms with E-state index in [-0.39, 0.29) is 17.8 Å². The second-order valence-corrected chi connectivity index (χ2v) is 5.72. The lowest BCUT2D eigenvalue weighted by Gasteiger charge is -2.13. The molecule has 108 valence electrons. The zero-order valence-electron chi connectivity index (χ0n) is 11.7. The van der Waals surface area contributed by atoms with Gasteiger partial charge in [-0.3, -0.25) is 4.79 Å². The van der Waals surface area contributed by atoms with Gasteiger partial charge in [-0.15, -0.1) is 0 Å². The molecule has 2 aromatic heterocycles. The Labute approximate surface area is 121 Å². The number of amides is 1. The van der Waals surface area contributed by atoms with Crippen LogP contribution in [0.25, 0.3) is 0 Å². The fraction of sp³-hybridized carbons (Fsp3) is 0.417. The van der Waals surface area contributed by atoms with Crippen LogP contribution in [0.3, 0.4) is 0 Å². The number of carbonyl (C=O) groups is 1. The number of imidazole rings is 1. The molecule has 0 aliphatic carbocycles. The SMILES string of the molecule is CC(Cn1ccnc1)NC(=O)c1sc(N(C)C)nc1N. The molecule has 0 bridgehead atoms. The van der Waals surface area contributed by atoms with Gasteiger partial charge in [-0.2, -0.15) is 0 Å². The van der Waals surface area contributed by atoms with E-state index in [1.54, 1.807) is 12.5 Å². The maximum absolute atomic E-state index is 12.2. The van der Waals surface area contributed by atoms with Crippen molar-refractivity contribution in [1.82, 2.24) is 19.9 Å². The Morgan fingerprint density at radius 2 is 2.35 bits per heavy atom. The molecule has 1 amide bonds. The summed E-state index contributed by atoms with van der Waals surface area (Å²) in [6.07, 6.45) is 5.28. The highest BCUT2D eigenvalue weighted by molar-refractivity contribution is 7.18. The van der Waals surface area contributed by atoms with Crippen LogP contribution in [0.1, 0.15) is 16.6 Å². The highest BCUT2D eigenvalue weighted by Gasteiger charge is 2.18. The van der Waals surface area contributed by atoms with Crippen molar-refractivity contribution in [2.75, 3.05) is 24.7 Å². The first kappa shape index (κ1) is 14.3. The third-order valence-electron chi connectivity index (χ3n) is 2.65. The van der Waals surface area contributed by atoms with Crippen LogP contribution in [0, 0.1) is 0 Å². The summed E-state index contributed by atoms with van der Waals surface area (Å²) in [5.74, 6) is 0.0757. The van der Waals surface area contributed by atoms with Crippen LogP contribution in [0.15, 0.2) is 18.7 Å². The fourth-order valence-corrected chi connectivity index (χ4v) is 2.53. The number of nitrogens with zero attached hydrogens (tertiary/aromatic N) is 4. The first-order valence-electron chi connectivity index (χ1n) is 6.17. The molecule has 7 nitrogen and oxygen atoms in total. The zero-order valence-corrected chi connectivity index (χ0v) is 12.5. The number of carbonyl (C=O) groups excluding carboxylic acids is 1. The normalized spacial score (nSPS) is 12.2. The highest BCUT2D eigenvalue weighted by Crippen LogP contribution is 2.26. The largest absolute Gasteiger partial charge is 0.382 e. The number of hydrogen-bond donors (Lipinski definition) is 2. The van der Waals surface area contributed by atoms with Crippen molar-refractivity contribution in [3.05, 3.63) is 23.6 Å². The molecule has 20 heavy (non-hydrogen) atoms. The Morgan fingerprint density at radius 1 is 1.60 bits per heavy atom. The van der Waals surface area contributed by atoms with Crippen LogP contribution in [-0.2, 0) is 6.54 Å². The minimum atomic E-state index is -0.194. The van der Waals surface area contributed by atoms with Gasteiger partial charge >= 0.3 is 0 Å². The molecule has 1 atom stereocenters. The number of nitrogens with two attached hydrogens (primary N) is 1. The van der Waals surface area contributed by atoms with Gasteiger partial charge in [0, 0.05) is 39.1 Å². The number of rotatable bonds is 5. The number of hydrogen-bond acceptors (Lipinski definition) is 6. The van der Waals surface area contributed by atoms with Crippen LogP contribution in [0.2, 0.25) is 0 Å². The van der Waals surface area contributed by atoms with Gasteiger partial charge in [-0.1, -0.05) is 11.3 Å². The lowest BCUT2D eigenvalue weighted by atomic mass is 10.3. The number of thiazole rings is 1. The summed E-state index contributed by atoms with van der Waals surface area (Å²) >= 11 is 1.28. The number of nitrogens with one attached hydrogen (secondary N) is 1. The van der Waals surface area contributed by atoms with Crippen LogP contribution in [0.4, 0.5) is 10.9 Å². The van der Waals surface area contributed by atoms with Crippen LogP contribution in [-0.4, -0.2) is 40.6 Å². The van der Waals surface area contributed by atoms with Gasteiger partial charge in [0.15, 0.2) is 5.13 Å². The molecule has 0 spiro atoms. The monoisotopic (exact) mass is 294 g/mol. The predicted octanol–water partition coefficient (Wildman–Crippen LogP) is 0.806. The van der Waals surface area contributed by atoms with Gasteiger partial charge < -0.3 is 20.5 Å². The molecule has 0 fully saturated rings. The Balaban J connectivity index is 2.00. The van der Waals surface area contributed by atoms with E-state index in [1.165, 1.54) is 11.3 Å². The highest BCUT2D eigenvalue weighted by atomic mass is 32.1. The average molecular weight is 294 g/mol. The average Bonchev–Trinajstić information content (AvgIpc) is 2.98. The van der Waals surface area contributed by atoms with Gasteiger partial charge in [0.25, 0.3) is 5.91 Å². The first-order chi connectivity index (χ1) is 9.47. The summed E-state index contributed by atoms with van der Waals surface area (Å²) in [6.45, 7) is 2.59. The van der Waals surface area contributed by atoms with Crippen molar-refractivity contribution in [2.45, 2.75) is 19.5 Å². The Hall–Kier alpha value is -2.09. The Morgan fingerprint density at radius 3 is 2.90 bits per heavy atom. The molecule has 8 heteroatoms. The molecule has 2 heterocycles. The lowest BCUT2D eigenvalue weighted by molar-refractivity contribution is 0.0941. The number of aromatic nitrogens is 3. The molecule has 0 aliphatic rings. The smallest absolute Gasteiger partial charge is 0.265 e. The van der Waals surface area contributed by atoms with E-state index in [9.17, 15) is 4.79 Å². The first-order valence-corrected chi connectivity index (χ1v) is 6.99. The van der Waals surface area contributed by atoms with Gasteiger partial charge in [-0.25, -0.2) is 9.97 Å². The summed E-state index contributed by atoms with van der Waals surface area (Å²) in [6, 6.07) is -0.0268.